The van der Waals surface area contributed by atoms with Gasteiger partial charge in [0.2, 0.25) is 21.8 Å². The molecule has 1 aliphatic heterocycles. The van der Waals surface area contributed by atoms with Crippen molar-refractivity contribution in [2.75, 3.05) is 22.6 Å². The molecular weight excluding hydrogens is 586 g/mol. The fraction of sp³-hybridized carbons (Fsp3) is 0.333. The first-order valence-electron chi connectivity index (χ1n) is 12.9. The van der Waals surface area contributed by atoms with Crippen LogP contribution in [0.25, 0.3) is 5.76 Å². The average molecular weight is 618 g/mol. The molecule has 2 amide bonds. The van der Waals surface area contributed by atoms with Crippen LogP contribution in [0.4, 0.5) is 11.4 Å². The number of amidine groups is 1. The number of aliphatic hydroxyl groups excluding tert-OH is 1. The number of hydroxylamine groups is 1. The van der Waals surface area contributed by atoms with Crippen molar-refractivity contribution in [2.24, 2.45) is 10.3 Å². The Kier molecular flexibility index (Phi) is 8.84. The average Bonchev–Trinajstić information content (AvgIpc) is 2.88. The van der Waals surface area contributed by atoms with Gasteiger partial charge in [-0.3, -0.25) is 24.3 Å². The minimum Gasteiger partial charge on any atom is -0.506 e. The number of phenols is 1. The second-order valence-electron chi connectivity index (χ2n) is 10.3. The monoisotopic (exact) mass is 617 g/mol. The third-order valence-electron chi connectivity index (χ3n) is 6.49. The molecule has 6 N–H and O–H groups in total. The van der Waals surface area contributed by atoms with E-state index in [1.54, 1.807) is 18.2 Å². The SMILES string of the molecule is CC(=O)NCC(=O)NC1C(=O)C(C2=NSc3cc(NS(C)(=O)=O)cc(O)c3N2O)=C(O)c2c(CCC(C)C)cccc21. The number of sulfonamides is 1. The summed E-state index contributed by atoms with van der Waals surface area (Å²) in [5, 5.41) is 38.8. The van der Waals surface area contributed by atoms with Crippen molar-refractivity contribution in [3.8, 4) is 5.75 Å². The van der Waals surface area contributed by atoms with Crippen molar-refractivity contribution in [2.45, 2.75) is 44.6 Å². The molecule has 2 aromatic rings. The van der Waals surface area contributed by atoms with Crippen molar-refractivity contribution in [3.63, 3.8) is 0 Å². The molecule has 1 heterocycles. The highest BCUT2D eigenvalue weighted by atomic mass is 32.2. The fourth-order valence-electron chi connectivity index (χ4n) is 4.64. The first kappa shape index (κ1) is 30.9. The fourth-order valence-corrected chi connectivity index (χ4v) is 6.00. The van der Waals surface area contributed by atoms with Gasteiger partial charge >= 0.3 is 0 Å². The number of nitrogens with one attached hydrogen (secondary N) is 3. The molecule has 0 saturated carbocycles. The Balaban J connectivity index is 1.81. The number of ketones is 1. The number of anilines is 2. The summed E-state index contributed by atoms with van der Waals surface area (Å²) in [6.45, 7) is 4.95. The summed E-state index contributed by atoms with van der Waals surface area (Å²) in [4.78, 5) is 38.1. The zero-order valence-electron chi connectivity index (χ0n) is 23.3. The van der Waals surface area contributed by atoms with Gasteiger partial charge < -0.3 is 20.8 Å². The number of amides is 2. The zero-order chi connectivity index (χ0) is 30.9. The van der Waals surface area contributed by atoms with Gasteiger partial charge in [-0.25, -0.2) is 8.42 Å². The van der Waals surface area contributed by atoms with Crippen LogP contribution in [0.1, 0.15) is 49.9 Å². The van der Waals surface area contributed by atoms with Crippen molar-refractivity contribution in [1.82, 2.24) is 10.6 Å². The van der Waals surface area contributed by atoms with Gasteiger partial charge in [-0.1, -0.05) is 32.0 Å². The summed E-state index contributed by atoms with van der Waals surface area (Å²) in [5.41, 5.74) is 0.784. The van der Waals surface area contributed by atoms with E-state index < -0.39 is 56.6 Å². The van der Waals surface area contributed by atoms with Crippen LogP contribution in [0, 0.1) is 5.92 Å². The van der Waals surface area contributed by atoms with Crippen molar-refractivity contribution < 1.29 is 38.2 Å². The molecule has 1 aliphatic carbocycles. The van der Waals surface area contributed by atoms with Crippen LogP contribution in [0.15, 0.2) is 45.2 Å². The summed E-state index contributed by atoms with van der Waals surface area (Å²) in [7, 11) is -3.67. The Hall–Kier alpha value is -4.08. The lowest BCUT2D eigenvalue weighted by Crippen LogP contribution is -2.45. The lowest BCUT2D eigenvalue weighted by atomic mass is 9.81. The van der Waals surface area contributed by atoms with E-state index in [1.807, 2.05) is 13.8 Å². The third kappa shape index (κ3) is 6.53. The van der Waals surface area contributed by atoms with E-state index in [2.05, 4.69) is 19.8 Å². The Morgan fingerprint density at radius 3 is 2.55 bits per heavy atom. The molecule has 42 heavy (non-hydrogen) atoms. The van der Waals surface area contributed by atoms with Gasteiger partial charge in [-0.15, -0.1) is 0 Å². The predicted molar refractivity (Wildman–Crippen MR) is 158 cm³/mol. The van der Waals surface area contributed by atoms with Crippen LogP contribution in [0.2, 0.25) is 0 Å². The maximum absolute atomic E-state index is 13.9. The quantitative estimate of drug-likeness (QED) is 0.228. The van der Waals surface area contributed by atoms with E-state index in [-0.39, 0.29) is 22.8 Å². The highest BCUT2D eigenvalue weighted by Gasteiger charge is 2.42. The summed E-state index contributed by atoms with van der Waals surface area (Å²) in [6, 6.07) is 6.25. The predicted octanol–water partition coefficient (Wildman–Crippen LogP) is 2.81. The Morgan fingerprint density at radius 2 is 1.90 bits per heavy atom. The summed E-state index contributed by atoms with van der Waals surface area (Å²) in [6.07, 6.45) is 2.25. The summed E-state index contributed by atoms with van der Waals surface area (Å²) in [5.74, 6) is -2.93. The second-order valence-corrected chi connectivity index (χ2v) is 12.9. The number of hydrogen-bond donors (Lipinski definition) is 6. The molecule has 4 rings (SSSR count). The number of benzene rings is 2. The number of hydrogen-bond acceptors (Lipinski definition) is 11. The molecule has 1 unspecified atom stereocenters. The van der Waals surface area contributed by atoms with Gasteiger partial charge in [-0.05, 0) is 36.0 Å². The minimum atomic E-state index is -3.67. The lowest BCUT2D eigenvalue weighted by Gasteiger charge is -2.32. The number of Topliss-reactive ketones (excluding diaryl/α,β-unsaturated/α-hetero) is 1. The molecular formula is C27H31N5O8S2. The third-order valence-corrected chi connectivity index (χ3v) is 7.87. The van der Waals surface area contributed by atoms with Crippen molar-refractivity contribution >= 4 is 62.5 Å². The molecule has 1 atom stereocenters. The van der Waals surface area contributed by atoms with Gasteiger partial charge in [0.25, 0.3) is 0 Å². The van der Waals surface area contributed by atoms with Crippen molar-refractivity contribution in [3.05, 3.63) is 52.6 Å². The first-order valence-corrected chi connectivity index (χ1v) is 15.6. The molecule has 2 aromatic carbocycles. The number of fused-ring (bicyclic) bond motifs is 2. The minimum absolute atomic E-state index is 0.0229. The molecule has 0 spiro atoms. The largest absolute Gasteiger partial charge is 0.506 e. The molecule has 15 heteroatoms. The van der Waals surface area contributed by atoms with Crippen LogP contribution in [-0.4, -0.2) is 60.1 Å². The molecule has 13 nitrogen and oxygen atoms in total. The topological polar surface area (TPSA) is 198 Å². The van der Waals surface area contributed by atoms with E-state index >= 15 is 0 Å². The van der Waals surface area contributed by atoms with Crippen LogP contribution < -0.4 is 20.4 Å². The van der Waals surface area contributed by atoms with Crippen LogP contribution in [0.3, 0.4) is 0 Å². The van der Waals surface area contributed by atoms with Crippen LogP contribution in [-0.2, 0) is 30.8 Å². The smallest absolute Gasteiger partial charge is 0.240 e. The molecule has 0 radical (unpaired) electrons. The number of rotatable bonds is 9. The van der Waals surface area contributed by atoms with Crippen LogP contribution in [0.5, 0.6) is 5.75 Å². The van der Waals surface area contributed by atoms with Gasteiger partial charge in [0, 0.05) is 30.5 Å². The second kappa shape index (κ2) is 12.0. The molecule has 2 aliphatic rings. The van der Waals surface area contributed by atoms with Gasteiger partial charge in [0.15, 0.2) is 11.6 Å². The van der Waals surface area contributed by atoms with E-state index in [0.29, 0.717) is 34.1 Å². The summed E-state index contributed by atoms with van der Waals surface area (Å²) < 4.78 is 29.8. The van der Waals surface area contributed by atoms with Gasteiger partial charge in [0.1, 0.15) is 28.8 Å². The highest BCUT2D eigenvalue weighted by Crippen LogP contribution is 2.46. The van der Waals surface area contributed by atoms with E-state index in [4.69, 9.17) is 0 Å². The summed E-state index contributed by atoms with van der Waals surface area (Å²) >= 11 is 0.738. The number of carbonyl (C=O) groups excluding carboxylic acids is 3. The normalized spacial score (nSPS) is 16.5. The number of aliphatic hydroxyl groups is 1. The Bertz CT molecular complexity index is 1630. The van der Waals surface area contributed by atoms with Crippen LogP contribution >= 0.6 is 11.9 Å². The lowest BCUT2D eigenvalue weighted by molar-refractivity contribution is -0.127. The maximum Gasteiger partial charge on any atom is 0.240 e. The number of phenolic OH excluding ortho intramolecular Hbond substituents is 1. The molecule has 0 saturated heterocycles. The molecule has 0 aromatic heterocycles. The number of aromatic hydroxyl groups is 1. The zero-order valence-corrected chi connectivity index (χ0v) is 24.9. The number of carbonyl (C=O) groups is 3. The highest BCUT2D eigenvalue weighted by molar-refractivity contribution is 7.98. The number of nitrogens with zero attached hydrogens (tertiary/aromatic N) is 2. The van der Waals surface area contributed by atoms with E-state index in [9.17, 15) is 38.2 Å². The number of aryl methyl sites for hydroxylation is 1. The Labute approximate surface area is 246 Å². The van der Waals surface area contributed by atoms with E-state index in [1.165, 1.54) is 13.0 Å². The van der Waals surface area contributed by atoms with Gasteiger partial charge in [-0.2, -0.15) is 9.46 Å². The van der Waals surface area contributed by atoms with Gasteiger partial charge in [0.05, 0.1) is 23.4 Å². The van der Waals surface area contributed by atoms with Crippen molar-refractivity contribution in [1.29, 1.82) is 0 Å². The first-order chi connectivity index (χ1) is 19.7. The Morgan fingerprint density at radius 1 is 1.19 bits per heavy atom. The molecule has 224 valence electrons. The molecule has 0 fully saturated rings. The van der Waals surface area contributed by atoms with E-state index in [0.717, 1.165) is 30.7 Å². The maximum atomic E-state index is 13.9. The molecule has 0 bridgehead atoms. The standard InChI is InChI=1S/C27H31N5O8S2/c1-13(2)8-9-15-6-5-7-17-21(15)25(36)22(26(37)23(17)29-20(35)12-28-14(3)33)27-30-41-19-11-16(31-42(4,39)40)10-18(34)24(19)32(27)38/h5-7,10-11,13,23,31,34,36,38H,8-9,12H2,1-4H3,(H,28,33)(H,29,35).